The van der Waals surface area contributed by atoms with E-state index in [9.17, 15) is 4.79 Å². The summed E-state index contributed by atoms with van der Waals surface area (Å²) in [7, 11) is 3.55. The van der Waals surface area contributed by atoms with E-state index in [1.807, 2.05) is 13.8 Å². The van der Waals surface area contributed by atoms with Crippen molar-refractivity contribution in [2.24, 2.45) is 0 Å². The van der Waals surface area contributed by atoms with E-state index >= 15 is 0 Å². The zero-order valence-electron chi connectivity index (χ0n) is 11.4. The zero-order chi connectivity index (χ0) is 13.5. The molecule has 0 unspecified atom stereocenters. The first-order valence-corrected chi connectivity index (χ1v) is 6.05. The number of nitrogens with one attached hydrogen (secondary N) is 1. The molecule has 5 nitrogen and oxygen atoms in total. The Kier molecular flexibility index (Phi) is 5.58. The van der Waals surface area contributed by atoms with Crippen LogP contribution in [0.25, 0.3) is 0 Å². The first-order chi connectivity index (χ1) is 8.54. The van der Waals surface area contributed by atoms with Crippen LogP contribution in [0.2, 0.25) is 0 Å². The van der Waals surface area contributed by atoms with Crippen molar-refractivity contribution in [3.05, 3.63) is 23.9 Å². The Morgan fingerprint density at radius 3 is 2.72 bits per heavy atom. The van der Waals surface area contributed by atoms with Gasteiger partial charge >= 0.3 is 0 Å². The number of hydrogen-bond acceptors (Lipinski definition) is 4. The van der Waals surface area contributed by atoms with Crippen LogP contribution in [0, 0.1) is 0 Å². The molecule has 0 atom stereocenters. The Hall–Kier alpha value is -1.62. The van der Waals surface area contributed by atoms with Gasteiger partial charge in [0, 0.05) is 26.8 Å². The largest absolute Gasteiger partial charge is 0.377 e. The van der Waals surface area contributed by atoms with Crippen molar-refractivity contribution >= 4 is 11.7 Å². The van der Waals surface area contributed by atoms with E-state index in [2.05, 4.69) is 10.3 Å². The fraction of sp³-hybridized carbons (Fsp3) is 0.538. The van der Waals surface area contributed by atoms with Crippen molar-refractivity contribution in [1.82, 2.24) is 9.88 Å². The van der Waals surface area contributed by atoms with Gasteiger partial charge < -0.3 is 15.0 Å². The number of amides is 1. The van der Waals surface area contributed by atoms with Crippen molar-refractivity contribution < 1.29 is 9.53 Å². The molecule has 1 N–H and O–H groups in total. The quantitative estimate of drug-likeness (QED) is 0.834. The number of anilines is 1. The van der Waals surface area contributed by atoms with Crippen LogP contribution in [0.5, 0.6) is 0 Å². The summed E-state index contributed by atoms with van der Waals surface area (Å²) in [5.74, 6) is 0.704. The third-order valence-electron chi connectivity index (χ3n) is 2.49. The summed E-state index contributed by atoms with van der Waals surface area (Å²) < 4.78 is 5.42. The second kappa shape index (κ2) is 6.96. The summed E-state index contributed by atoms with van der Waals surface area (Å²) in [5, 5.41) is 2.91. The van der Waals surface area contributed by atoms with Crippen LogP contribution in [0.3, 0.4) is 0 Å². The van der Waals surface area contributed by atoms with E-state index in [0.29, 0.717) is 18.7 Å². The Morgan fingerprint density at radius 2 is 2.22 bits per heavy atom. The summed E-state index contributed by atoms with van der Waals surface area (Å²) in [6.07, 6.45) is 1.76. The molecule has 100 valence electrons. The Morgan fingerprint density at radius 1 is 1.50 bits per heavy atom. The lowest BCUT2D eigenvalue weighted by Gasteiger charge is -2.18. The van der Waals surface area contributed by atoms with E-state index in [-0.39, 0.29) is 12.0 Å². The summed E-state index contributed by atoms with van der Waals surface area (Å²) in [6.45, 7) is 5.07. The maximum absolute atomic E-state index is 12.0. The highest BCUT2D eigenvalue weighted by Crippen LogP contribution is 2.06. The van der Waals surface area contributed by atoms with E-state index in [1.54, 1.807) is 37.3 Å². The van der Waals surface area contributed by atoms with Crippen LogP contribution < -0.4 is 5.32 Å². The van der Waals surface area contributed by atoms with Gasteiger partial charge in [-0.1, -0.05) is 0 Å². The van der Waals surface area contributed by atoms with Crippen molar-refractivity contribution in [2.75, 3.05) is 32.6 Å². The molecule has 0 fully saturated rings. The normalized spacial score (nSPS) is 10.5. The number of carbonyl (C=O) groups is 1. The van der Waals surface area contributed by atoms with Gasteiger partial charge in [-0.05, 0) is 26.0 Å². The molecular weight excluding hydrogens is 230 g/mol. The fourth-order valence-electron chi connectivity index (χ4n) is 1.42. The number of hydrogen-bond donors (Lipinski definition) is 1. The second-order valence-electron chi connectivity index (χ2n) is 4.33. The lowest BCUT2D eigenvalue weighted by Crippen LogP contribution is -2.30. The average Bonchev–Trinajstić information content (AvgIpc) is 2.37. The van der Waals surface area contributed by atoms with Crippen molar-refractivity contribution in [1.29, 1.82) is 0 Å². The molecule has 1 heterocycles. The van der Waals surface area contributed by atoms with Gasteiger partial charge in [0.05, 0.1) is 18.3 Å². The van der Waals surface area contributed by atoms with Crippen LogP contribution in [-0.2, 0) is 4.74 Å². The zero-order valence-corrected chi connectivity index (χ0v) is 11.4. The van der Waals surface area contributed by atoms with Gasteiger partial charge in [0.1, 0.15) is 5.82 Å². The maximum atomic E-state index is 12.0. The van der Waals surface area contributed by atoms with Crippen LogP contribution in [-0.4, -0.2) is 49.1 Å². The van der Waals surface area contributed by atoms with Crippen LogP contribution in [0.1, 0.15) is 24.2 Å². The Labute approximate surface area is 108 Å². The molecule has 18 heavy (non-hydrogen) atoms. The minimum absolute atomic E-state index is 0.0440. The van der Waals surface area contributed by atoms with Gasteiger partial charge in [-0.25, -0.2) is 4.98 Å². The molecule has 5 heteroatoms. The highest BCUT2D eigenvalue weighted by atomic mass is 16.5. The van der Waals surface area contributed by atoms with E-state index in [4.69, 9.17) is 4.74 Å². The molecule has 0 radical (unpaired) electrons. The van der Waals surface area contributed by atoms with Crippen LogP contribution in [0.4, 0.5) is 5.82 Å². The lowest BCUT2D eigenvalue weighted by atomic mass is 10.2. The van der Waals surface area contributed by atoms with Crippen molar-refractivity contribution in [3.63, 3.8) is 0 Å². The molecule has 0 bridgehead atoms. The minimum Gasteiger partial charge on any atom is -0.377 e. The highest BCUT2D eigenvalue weighted by Gasteiger charge is 2.11. The summed E-state index contributed by atoms with van der Waals surface area (Å²) >= 11 is 0. The number of carbonyl (C=O) groups excluding carboxylic acids is 1. The molecular formula is C13H21N3O2. The summed E-state index contributed by atoms with van der Waals surface area (Å²) in [4.78, 5) is 17.8. The van der Waals surface area contributed by atoms with Crippen molar-refractivity contribution in [3.8, 4) is 0 Å². The smallest absolute Gasteiger partial charge is 0.255 e. The fourth-order valence-corrected chi connectivity index (χ4v) is 1.42. The third kappa shape index (κ3) is 4.33. The molecule has 1 aromatic heterocycles. The van der Waals surface area contributed by atoms with Crippen LogP contribution in [0.15, 0.2) is 18.3 Å². The number of aromatic nitrogens is 1. The summed E-state index contributed by atoms with van der Waals surface area (Å²) in [5.41, 5.74) is 0.584. The third-order valence-corrected chi connectivity index (χ3v) is 2.49. The molecule has 0 aliphatic rings. The van der Waals surface area contributed by atoms with Gasteiger partial charge in [0.2, 0.25) is 0 Å². The molecule has 0 aromatic carbocycles. The van der Waals surface area contributed by atoms with Gasteiger partial charge in [-0.3, -0.25) is 4.79 Å². The topological polar surface area (TPSA) is 54.5 Å². The van der Waals surface area contributed by atoms with Gasteiger partial charge in [-0.2, -0.15) is 0 Å². The van der Waals surface area contributed by atoms with E-state index in [0.717, 1.165) is 5.82 Å². The molecule has 0 saturated carbocycles. The maximum Gasteiger partial charge on any atom is 0.255 e. The van der Waals surface area contributed by atoms with Crippen LogP contribution >= 0.6 is 0 Å². The number of nitrogens with zero attached hydrogens (tertiary/aromatic N) is 2. The lowest BCUT2D eigenvalue weighted by molar-refractivity contribution is 0.0532. The van der Waals surface area contributed by atoms with Gasteiger partial charge in [-0.15, -0.1) is 0 Å². The molecule has 1 aromatic rings. The number of rotatable bonds is 6. The predicted molar refractivity (Wildman–Crippen MR) is 71.8 cm³/mol. The first-order valence-electron chi connectivity index (χ1n) is 6.05. The Bertz CT molecular complexity index is 376. The first kappa shape index (κ1) is 14.4. The second-order valence-corrected chi connectivity index (χ2v) is 4.33. The van der Waals surface area contributed by atoms with Crippen molar-refractivity contribution in [2.45, 2.75) is 20.0 Å². The number of pyridine rings is 1. The van der Waals surface area contributed by atoms with Gasteiger partial charge in [0.15, 0.2) is 0 Å². The number of ether oxygens (including phenoxy) is 1. The molecule has 1 rings (SSSR count). The monoisotopic (exact) mass is 251 g/mol. The molecule has 0 spiro atoms. The molecule has 0 aliphatic heterocycles. The van der Waals surface area contributed by atoms with E-state index < -0.39 is 0 Å². The van der Waals surface area contributed by atoms with Gasteiger partial charge in [0.25, 0.3) is 5.91 Å². The molecule has 0 aliphatic carbocycles. The molecule has 1 amide bonds. The summed E-state index contributed by atoms with van der Waals surface area (Å²) in [6, 6.07) is 3.55. The average molecular weight is 251 g/mol. The highest BCUT2D eigenvalue weighted by molar-refractivity contribution is 5.93. The van der Waals surface area contributed by atoms with E-state index in [1.165, 1.54) is 0 Å². The predicted octanol–water partition coefficient (Wildman–Crippen LogP) is 1.62. The standard InChI is InChI=1S/C13H21N3O2/c1-10(2)18-8-7-16(4)13(17)11-5-6-12(14-3)15-9-11/h5-6,9-10H,7-8H2,1-4H3,(H,14,15). The Balaban J connectivity index is 2.51. The SMILES string of the molecule is CNc1ccc(C(=O)N(C)CCOC(C)C)cn1. The number of likely N-dealkylation sites (N-methyl/N-ethyl adjacent to an activating group) is 1. The minimum atomic E-state index is -0.0440. The molecule has 0 saturated heterocycles.